The van der Waals surface area contributed by atoms with Crippen LogP contribution in [0.3, 0.4) is 0 Å². The van der Waals surface area contributed by atoms with Gasteiger partial charge in [-0.15, -0.1) is 11.8 Å². The Morgan fingerprint density at radius 1 is 1.20 bits per heavy atom. The molecule has 0 aromatic heterocycles. The molecule has 0 aliphatic heterocycles. The lowest BCUT2D eigenvalue weighted by Gasteiger charge is -2.10. The summed E-state index contributed by atoms with van der Waals surface area (Å²) in [5, 5.41) is 6.11. The van der Waals surface area contributed by atoms with Gasteiger partial charge in [-0.25, -0.2) is 0 Å². The Labute approximate surface area is 156 Å². The van der Waals surface area contributed by atoms with Crippen molar-refractivity contribution in [3.05, 3.63) is 58.6 Å². The normalized spacial score (nSPS) is 13.4. The van der Waals surface area contributed by atoms with Crippen molar-refractivity contribution >= 4 is 40.9 Å². The molecule has 2 aromatic carbocycles. The van der Waals surface area contributed by atoms with Crippen LogP contribution in [-0.4, -0.2) is 23.6 Å². The van der Waals surface area contributed by atoms with Gasteiger partial charge < -0.3 is 10.6 Å². The van der Waals surface area contributed by atoms with E-state index >= 15 is 0 Å². The number of amides is 2. The van der Waals surface area contributed by atoms with Gasteiger partial charge in [0.2, 0.25) is 5.91 Å². The number of benzene rings is 2. The summed E-state index contributed by atoms with van der Waals surface area (Å²) >= 11 is 7.60. The van der Waals surface area contributed by atoms with E-state index in [0.29, 0.717) is 22.0 Å². The number of halogens is 1. The van der Waals surface area contributed by atoms with Crippen LogP contribution >= 0.6 is 23.4 Å². The minimum Gasteiger partial charge on any atom is -0.349 e. The summed E-state index contributed by atoms with van der Waals surface area (Å²) < 4.78 is 0. The number of anilines is 1. The monoisotopic (exact) mass is 374 g/mol. The molecule has 130 valence electrons. The summed E-state index contributed by atoms with van der Waals surface area (Å²) in [6.45, 7) is 2.02. The van der Waals surface area contributed by atoms with E-state index in [0.717, 1.165) is 23.3 Å². The van der Waals surface area contributed by atoms with Crippen molar-refractivity contribution in [2.24, 2.45) is 0 Å². The zero-order chi connectivity index (χ0) is 17.8. The van der Waals surface area contributed by atoms with E-state index in [-0.39, 0.29) is 17.9 Å². The topological polar surface area (TPSA) is 58.2 Å². The van der Waals surface area contributed by atoms with Gasteiger partial charge in [0.15, 0.2) is 0 Å². The number of rotatable bonds is 6. The largest absolute Gasteiger partial charge is 0.349 e. The molecule has 1 aliphatic carbocycles. The SMILES string of the molecule is Cc1ccccc1SCC(=O)Nc1ccc(Cl)c(C(=O)NC2CC2)c1. The highest BCUT2D eigenvalue weighted by atomic mass is 35.5. The maximum Gasteiger partial charge on any atom is 0.253 e. The highest BCUT2D eigenvalue weighted by Gasteiger charge is 2.24. The Kier molecular flexibility index (Phi) is 5.66. The average molecular weight is 375 g/mol. The van der Waals surface area contributed by atoms with Crippen molar-refractivity contribution < 1.29 is 9.59 Å². The average Bonchev–Trinajstić information content (AvgIpc) is 3.40. The van der Waals surface area contributed by atoms with Gasteiger partial charge in [-0.05, 0) is 49.6 Å². The van der Waals surface area contributed by atoms with Crippen LogP contribution in [0.25, 0.3) is 0 Å². The Bertz CT molecular complexity index is 806. The first-order valence-electron chi connectivity index (χ1n) is 8.11. The molecule has 0 atom stereocenters. The second kappa shape index (κ2) is 7.93. The summed E-state index contributed by atoms with van der Waals surface area (Å²) in [6, 6.07) is 13.2. The van der Waals surface area contributed by atoms with E-state index in [1.54, 1.807) is 18.2 Å². The summed E-state index contributed by atoms with van der Waals surface area (Å²) in [5.41, 5.74) is 2.10. The molecule has 2 N–H and O–H groups in total. The fourth-order valence-corrected chi connectivity index (χ4v) is 3.36. The molecular weight excluding hydrogens is 356 g/mol. The molecule has 0 bridgehead atoms. The van der Waals surface area contributed by atoms with E-state index in [9.17, 15) is 9.59 Å². The Balaban J connectivity index is 1.61. The number of nitrogens with one attached hydrogen (secondary N) is 2. The third-order valence-electron chi connectivity index (χ3n) is 3.86. The van der Waals surface area contributed by atoms with Crippen molar-refractivity contribution in [3.8, 4) is 0 Å². The van der Waals surface area contributed by atoms with Crippen LogP contribution in [0.5, 0.6) is 0 Å². The van der Waals surface area contributed by atoms with Crippen LogP contribution in [-0.2, 0) is 4.79 Å². The first-order chi connectivity index (χ1) is 12.0. The second-order valence-electron chi connectivity index (χ2n) is 6.04. The molecule has 2 amide bonds. The van der Waals surface area contributed by atoms with E-state index in [4.69, 9.17) is 11.6 Å². The number of thioether (sulfide) groups is 1. The fraction of sp³-hybridized carbons (Fsp3) is 0.263. The van der Waals surface area contributed by atoms with Gasteiger partial charge in [0.05, 0.1) is 16.3 Å². The molecular formula is C19H19ClN2O2S. The third-order valence-corrected chi connectivity index (χ3v) is 5.36. The van der Waals surface area contributed by atoms with Gasteiger partial charge in [0, 0.05) is 16.6 Å². The molecule has 0 radical (unpaired) electrons. The molecule has 0 spiro atoms. The first kappa shape index (κ1) is 17.8. The summed E-state index contributed by atoms with van der Waals surface area (Å²) in [6.07, 6.45) is 2.02. The lowest BCUT2D eigenvalue weighted by atomic mass is 10.2. The fourth-order valence-electron chi connectivity index (χ4n) is 2.33. The summed E-state index contributed by atoms with van der Waals surface area (Å²) in [4.78, 5) is 25.5. The molecule has 1 aliphatic rings. The minimum absolute atomic E-state index is 0.121. The molecule has 4 nitrogen and oxygen atoms in total. The Morgan fingerprint density at radius 3 is 2.68 bits per heavy atom. The van der Waals surface area contributed by atoms with Crippen LogP contribution < -0.4 is 10.6 Å². The van der Waals surface area contributed by atoms with E-state index < -0.39 is 0 Å². The molecule has 25 heavy (non-hydrogen) atoms. The van der Waals surface area contributed by atoms with Crippen LogP contribution in [0.2, 0.25) is 5.02 Å². The number of aryl methyl sites for hydroxylation is 1. The maximum absolute atomic E-state index is 12.2. The second-order valence-corrected chi connectivity index (χ2v) is 7.47. The minimum atomic E-state index is -0.196. The summed E-state index contributed by atoms with van der Waals surface area (Å²) in [7, 11) is 0. The molecule has 1 fully saturated rings. The zero-order valence-corrected chi connectivity index (χ0v) is 15.4. The van der Waals surface area contributed by atoms with Crippen molar-refractivity contribution in [1.82, 2.24) is 5.32 Å². The highest BCUT2D eigenvalue weighted by molar-refractivity contribution is 8.00. The first-order valence-corrected chi connectivity index (χ1v) is 9.48. The third kappa shape index (κ3) is 5.00. The molecule has 2 aromatic rings. The molecule has 6 heteroatoms. The number of carbonyl (C=O) groups excluding carboxylic acids is 2. The van der Waals surface area contributed by atoms with Gasteiger partial charge in [0.1, 0.15) is 0 Å². The molecule has 0 heterocycles. The van der Waals surface area contributed by atoms with Gasteiger partial charge in [0.25, 0.3) is 5.91 Å². The van der Waals surface area contributed by atoms with Gasteiger partial charge in [-0.3, -0.25) is 9.59 Å². The van der Waals surface area contributed by atoms with Crippen LogP contribution in [0.4, 0.5) is 5.69 Å². The molecule has 3 rings (SSSR count). The van der Waals surface area contributed by atoms with Gasteiger partial charge in [-0.2, -0.15) is 0 Å². The lowest BCUT2D eigenvalue weighted by Crippen LogP contribution is -2.26. The van der Waals surface area contributed by atoms with Crippen molar-refractivity contribution in [3.63, 3.8) is 0 Å². The lowest BCUT2D eigenvalue weighted by molar-refractivity contribution is -0.113. The number of carbonyl (C=O) groups is 2. The molecule has 0 unspecified atom stereocenters. The maximum atomic E-state index is 12.2. The standard InChI is InChI=1S/C19H19ClN2O2S/c1-12-4-2-3-5-17(12)25-11-18(23)21-14-8-9-16(20)15(10-14)19(24)22-13-6-7-13/h2-5,8-10,13H,6-7,11H2,1H3,(H,21,23)(H,22,24). The Morgan fingerprint density at radius 2 is 1.96 bits per heavy atom. The zero-order valence-electron chi connectivity index (χ0n) is 13.8. The van der Waals surface area contributed by atoms with Crippen molar-refractivity contribution in [1.29, 1.82) is 0 Å². The smallest absolute Gasteiger partial charge is 0.253 e. The van der Waals surface area contributed by atoms with Crippen molar-refractivity contribution in [2.45, 2.75) is 30.7 Å². The van der Waals surface area contributed by atoms with Crippen LogP contribution in [0, 0.1) is 6.92 Å². The van der Waals surface area contributed by atoms with E-state index in [1.165, 1.54) is 11.8 Å². The van der Waals surface area contributed by atoms with Gasteiger partial charge in [-0.1, -0.05) is 29.8 Å². The molecule has 0 saturated heterocycles. The highest BCUT2D eigenvalue weighted by Crippen LogP contribution is 2.25. The molecule has 1 saturated carbocycles. The van der Waals surface area contributed by atoms with E-state index in [2.05, 4.69) is 10.6 Å². The quantitative estimate of drug-likeness (QED) is 0.742. The van der Waals surface area contributed by atoms with Crippen LogP contribution in [0.1, 0.15) is 28.8 Å². The van der Waals surface area contributed by atoms with Crippen molar-refractivity contribution in [2.75, 3.05) is 11.1 Å². The summed E-state index contributed by atoms with van der Waals surface area (Å²) in [5.74, 6) is -0.0149. The predicted octanol–water partition coefficient (Wildman–Crippen LogP) is 4.27. The number of hydrogen-bond donors (Lipinski definition) is 2. The van der Waals surface area contributed by atoms with Gasteiger partial charge >= 0.3 is 0 Å². The van der Waals surface area contributed by atoms with E-state index in [1.807, 2.05) is 31.2 Å². The Hall–Kier alpha value is -1.98. The van der Waals surface area contributed by atoms with Crippen LogP contribution in [0.15, 0.2) is 47.4 Å². The number of hydrogen-bond acceptors (Lipinski definition) is 3. The predicted molar refractivity (Wildman–Crippen MR) is 102 cm³/mol.